The van der Waals surface area contributed by atoms with Gasteiger partial charge in [0.05, 0.1) is 12.8 Å². The Morgan fingerprint density at radius 2 is 2.40 bits per heavy atom. The van der Waals surface area contributed by atoms with Crippen LogP contribution in [0.4, 0.5) is 0 Å². The Morgan fingerprint density at radius 1 is 1.56 bits per heavy atom. The number of guanidine groups is 1. The zero-order valence-corrected chi connectivity index (χ0v) is 17.9. The number of nitrogens with one attached hydrogen (secondary N) is 1. The normalized spacial score (nSPS) is 17.9. The molecule has 0 aliphatic carbocycles. The Morgan fingerprint density at radius 3 is 3.08 bits per heavy atom. The molecule has 1 unspecified atom stereocenters. The van der Waals surface area contributed by atoms with Crippen LogP contribution in [0.1, 0.15) is 25.0 Å². The van der Waals surface area contributed by atoms with Crippen molar-refractivity contribution in [3.8, 4) is 0 Å². The van der Waals surface area contributed by atoms with Crippen LogP contribution < -0.4 is 11.1 Å². The first-order valence-electron chi connectivity index (χ1n) is 8.52. The lowest BCUT2D eigenvalue weighted by molar-refractivity contribution is -0.119. The summed E-state index contributed by atoms with van der Waals surface area (Å²) >= 11 is 1.79. The van der Waals surface area contributed by atoms with Gasteiger partial charge < -0.3 is 20.4 Å². The maximum atomic E-state index is 11.2. The van der Waals surface area contributed by atoms with Crippen molar-refractivity contribution < 1.29 is 9.21 Å². The van der Waals surface area contributed by atoms with Crippen LogP contribution in [0.15, 0.2) is 27.8 Å². The number of amides is 1. The van der Waals surface area contributed by atoms with Gasteiger partial charge in [0, 0.05) is 38.2 Å². The van der Waals surface area contributed by atoms with E-state index in [0.29, 0.717) is 12.3 Å². The zero-order valence-electron chi connectivity index (χ0n) is 14.8. The second-order valence-electron chi connectivity index (χ2n) is 6.08. The first-order valence-corrected chi connectivity index (χ1v) is 9.91. The number of carbonyl (C=O) groups excluding carboxylic acids is 1. The zero-order chi connectivity index (χ0) is 17.2. The van der Waals surface area contributed by atoms with Gasteiger partial charge in [-0.3, -0.25) is 9.79 Å². The topological polar surface area (TPSA) is 83.9 Å². The van der Waals surface area contributed by atoms with Gasteiger partial charge >= 0.3 is 0 Å². The van der Waals surface area contributed by atoms with Crippen LogP contribution in [0.3, 0.4) is 0 Å². The highest BCUT2D eigenvalue weighted by atomic mass is 127. The number of furan rings is 1. The van der Waals surface area contributed by atoms with Gasteiger partial charge in [0.15, 0.2) is 5.96 Å². The van der Waals surface area contributed by atoms with Crippen LogP contribution in [-0.2, 0) is 11.2 Å². The molecule has 1 saturated heterocycles. The molecule has 1 fully saturated rings. The number of carbonyl (C=O) groups is 1. The van der Waals surface area contributed by atoms with Crippen LogP contribution >= 0.6 is 35.7 Å². The third-order valence-corrected chi connectivity index (χ3v) is 4.69. The minimum Gasteiger partial charge on any atom is -0.469 e. The Labute approximate surface area is 171 Å². The molecule has 25 heavy (non-hydrogen) atoms. The fourth-order valence-electron chi connectivity index (χ4n) is 2.97. The second kappa shape index (κ2) is 12.5. The molecule has 6 nitrogen and oxygen atoms in total. The molecule has 1 aromatic rings. The second-order valence-corrected chi connectivity index (χ2v) is 7.06. The van der Waals surface area contributed by atoms with E-state index in [2.05, 4.69) is 16.5 Å². The summed E-state index contributed by atoms with van der Waals surface area (Å²) in [5.41, 5.74) is 5.36. The molecule has 142 valence electrons. The molecule has 0 bridgehead atoms. The number of nitrogens with two attached hydrogens (primary N) is 1. The lowest BCUT2D eigenvalue weighted by Gasteiger charge is -2.34. The number of likely N-dealkylation sites (tertiary alicyclic amines) is 1. The van der Waals surface area contributed by atoms with Crippen molar-refractivity contribution in [3.63, 3.8) is 0 Å². The molecule has 2 heterocycles. The van der Waals surface area contributed by atoms with Gasteiger partial charge in [-0.1, -0.05) is 0 Å². The van der Waals surface area contributed by atoms with Gasteiger partial charge in [-0.25, -0.2) is 0 Å². The molecule has 1 aliphatic rings. The number of aliphatic imine (C=N–C) groups is 1. The number of primary amides is 1. The van der Waals surface area contributed by atoms with Crippen molar-refractivity contribution in [1.82, 2.24) is 10.2 Å². The Balaban J connectivity index is 0.00000312. The van der Waals surface area contributed by atoms with E-state index >= 15 is 0 Å². The standard InChI is InChI=1S/C17H28N4O2S.HI/c1-24-11-8-20-17(19-7-6-15-5-3-10-23-15)21-9-2-4-14(13-21)12-16(18)22;/h3,5,10,14H,2,4,6-9,11-13H2,1H3,(H2,18,22)(H,19,20);1H. The Hall–Kier alpha value is -0.900. The van der Waals surface area contributed by atoms with E-state index in [9.17, 15) is 4.79 Å². The summed E-state index contributed by atoms with van der Waals surface area (Å²) < 4.78 is 5.37. The number of hydrogen-bond acceptors (Lipinski definition) is 4. The van der Waals surface area contributed by atoms with Crippen molar-refractivity contribution in [3.05, 3.63) is 24.2 Å². The summed E-state index contributed by atoms with van der Waals surface area (Å²) in [7, 11) is 0. The number of nitrogens with zero attached hydrogens (tertiary/aromatic N) is 2. The third-order valence-electron chi connectivity index (χ3n) is 4.10. The first kappa shape index (κ1) is 22.1. The van der Waals surface area contributed by atoms with Gasteiger partial charge in [-0.05, 0) is 37.1 Å². The van der Waals surface area contributed by atoms with Crippen molar-refractivity contribution in [2.75, 3.05) is 38.2 Å². The molecular formula is C17H29IN4O2S. The highest BCUT2D eigenvalue weighted by Gasteiger charge is 2.23. The summed E-state index contributed by atoms with van der Waals surface area (Å²) in [6.45, 7) is 3.39. The Bertz CT molecular complexity index is 525. The summed E-state index contributed by atoms with van der Waals surface area (Å²) in [6, 6.07) is 3.89. The predicted molar refractivity (Wildman–Crippen MR) is 115 cm³/mol. The van der Waals surface area contributed by atoms with Gasteiger partial charge in [0.25, 0.3) is 0 Å². The van der Waals surface area contributed by atoms with Crippen molar-refractivity contribution in [2.45, 2.75) is 25.7 Å². The molecule has 2 rings (SSSR count). The third kappa shape index (κ3) is 8.35. The molecule has 1 aliphatic heterocycles. The summed E-state index contributed by atoms with van der Waals surface area (Å²) in [5.74, 6) is 3.02. The van der Waals surface area contributed by atoms with E-state index in [0.717, 1.165) is 62.9 Å². The minimum atomic E-state index is -0.214. The molecule has 0 aromatic carbocycles. The van der Waals surface area contributed by atoms with Gasteiger partial charge in [-0.2, -0.15) is 11.8 Å². The number of thioether (sulfide) groups is 1. The largest absolute Gasteiger partial charge is 0.469 e. The Kier molecular flexibility index (Phi) is 11.0. The van der Waals surface area contributed by atoms with E-state index in [1.165, 1.54) is 0 Å². The van der Waals surface area contributed by atoms with Crippen molar-refractivity contribution >= 4 is 47.6 Å². The fraction of sp³-hybridized carbons (Fsp3) is 0.647. The minimum absolute atomic E-state index is 0. The maximum Gasteiger partial charge on any atom is 0.217 e. The molecule has 1 atom stereocenters. The van der Waals surface area contributed by atoms with E-state index in [1.807, 2.05) is 12.1 Å². The van der Waals surface area contributed by atoms with Crippen molar-refractivity contribution in [2.24, 2.45) is 16.6 Å². The fourth-order valence-corrected chi connectivity index (χ4v) is 3.25. The molecule has 0 spiro atoms. The average molecular weight is 480 g/mol. The monoisotopic (exact) mass is 480 g/mol. The molecule has 1 amide bonds. The number of rotatable bonds is 8. The smallest absolute Gasteiger partial charge is 0.217 e. The van der Waals surface area contributed by atoms with E-state index < -0.39 is 0 Å². The molecule has 0 radical (unpaired) electrons. The van der Waals surface area contributed by atoms with Crippen LogP contribution in [0, 0.1) is 5.92 Å². The van der Waals surface area contributed by atoms with Crippen LogP contribution in [0.5, 0.6) is 0 Å². The van der Waals surface area contributed by atoms with Gasteiger partial charge in [0.1, 0.15) is 5.76 Å². The molecule has 8 heteroatoms. The molecule has 1 aromatic heterocycles. The molecular weight excluding hydrogens is 451 g/mol. The first-order chi connectivity index (χ1) is 11.7. The van der Waals surface area contributed by atoms with Gasteiger partial charge in [-0.15, -0.1) is 24.0 Å². The average Bonchev–Trinajstić information content (AvgIpc) is 3.06. The number of piperidine rings is 1. The summed E-state index contributed by atoms with van der Waals surface area (Å²) in [4.78, 5) is 18.2. The van der Waals surface area contributed by atoms with Crippen molar-refractivity contribution in [1.29, 1.82) is 0 Å². The predicted octanol–water partition coefficient (Wildman–Crippen LogP) is 2.34. The summed E-state index contributed by atoms with van der Waals surface area (Å²) in [6.07, 6.45) is 7.20. The molecule has 0 saturated carbocycles. The maximum absolute atomic E-state index is 11.2. The highest BCUT2D eigenvalue weighted by molar-refractivity contribution is 14.0. The quantitative estimate of drug-likeness (QED) is 0.258. The summed E-state index contributed by atoms with van der Waals surface area (Å²) in [5, 5.41) is 3.45. The van der Waals surface area contributed by atoms with Crippen LogP contribution in [0.2, 0.25) is 0 Å². The van der Waals surface area contributed by atoms with Gasteiger partial charge in [0.2, 0.25) is 5.91 Å². The van der Waals surface area contributed by atoms with Crippen LogP contribution in [-0.4, -0.2) is 55.0 Å². The van der Waals surface area contributed by atoms with E-state index in [-0.39, 0.29) is 29.9 Å². The lowest BCUT2D eigenvalue weighted by Crippen LogP contribution is -2.47. The van der Waals surface area contributed by atoms with Crippen LogP contribution in [0.25, 0.3) is 0 Å². The number of hydrogen-bond donors (Lipinski definition) is 2. The number of halogens is 1. The van der Waals surface area contributed by atoms with E-state index in [4.69, 9.17) is 15.1 Å². The lowest BCUT2D eigenvalue weighted by atomic mass is 9.95. The highest BCUT2D eigenvalue weighted by Crippen LogP contribution is 2.19. The van der Waals surface area contributed by atoms with E-state index in [1.54, 1.807) is 18.0 Å². The molecule has 3 N–H and O–H groups in total. The SMILES string of the molecule is CSCCN=C(NCCc1ccco1)N1CCCC(CC(N)=O)C1.I.